The van der Waals surface area contributed by atoms with E-state index in [9.17, 15) is 19.1 Å². The lowest BCUT2D eigenvalue weighted by Crippen LogP contribution is -2.11. The maximum atomic E-state index is 13.6. The number of para-hydroxylation sites is 1. The Balaban J connectivity index is 1.87. The van der Waals surface area contributed by atoms with Gasteiger partial charge >= 0.3 is 0 Å². The number of aromatic hydroxyl groups is 1. The van der Waals surface area contributed by atoms with Crippen molar-refractivity contribution < 1.29 is 14.3 Å². The van der Waals surface area contributed by atoms with Crippen LogP contribution in [0.15, 0.2) is 59.5 Å². The third kappa shape index (κ3) is 3.31. The Hall–Kier alpha value is -3.74. The highest BCUT2D eigenvalue weighted by Gasteiger charge is 2.21. The molecule has 2 N–H and O–H groups in total. The molecule has 0 unspecified atom stereocenters. The number of phenols is 1. The third-order valence-electron chi connectivity index (χ3n) is 4.73. The second-order valence-corrected chi connectivity index (χ2v) is 7.04. The monoisotopic (exact) mass is 391 g/mol. The van der Waals surface area contributed by atoms with Gasteiger partial charge in [-0.25, -0.2) is 9.37 Å². The average molecular weight is 391 g/mol. The molecule has 2 aromatic carbocycles. The highest BCUT2D eigenvalue weighted by atomic mass is 19.1. The van der Waals surface area contributed by atoms with Gasteiger partial charge < -0.3 is 14.7 Å². The fourth-order valence-corrected chi connectivity index (χ4v) is 3.27. The van der Waals surface area contributed by atoms with Gasteiger partial charge in [-0.1, -0.05) is 12.1 Å². The molecule has 0 radical (unpaired) electrons. The van der Waals surface area contributed by atoms with Crippen LogP contribution in [0.5, 0.6) is 5.75 Å². The number of H-pyrrole nitrogens is 1. The van der Waals surface area contributed by atoms with Gasteiger partial charge in [-0.2, -0.15) is 0 Å². The minimum Gasteiger partial charge on any atom is -0.507 e. The van der Waals surface area contributed by atoms with Crippen LogP contribution in [0.4, 0.5) is 4.39 Å². The summed E-state index contributed by atoms with van der Waals surface area (Å²) in [5.41, 5.74) is 0.932. The Labute approximate surface area is 165 Å². The van der Waals surface area contributed by atoms with Crippen LogP contribution >= 0.6 is 0 Å². The molecular formula is C22H18FN3O3. The molecule has 4 rings (SSSR count). The lowest BCUT2D eigenvalue weighted by atomic mass is 10.0. The van der Waals surface area contributed by atoms with Gasteiger partial charge in [0.25, 0.3) is 5.56 Å². The van der Waals surface area contributed by atoms with Crippen molar-refractivity contribution in [3.05, 3.63) is 82.0 Å². The van der Waals surface area contributed by atoms with Crippen molar-refractivity contribution in [2.24, 2.45) is 0 Å². The molecule has 7 heteroatoms. The number of aromatic amines is 1. The summed E-state index contributed by atoms with van der Waals surface area (Å²) in [5, 5.41) is 10.4. The van der Waals surface area contributed by atoms with Gasteiger partial charge in [0.15, 0.2) is 11.6 Å². The normalized spacial score (nSPS) is 11.3. The zero-order valence-electron chi connectivity index (χ0n) is 15.8. The van der Waals surface area contributed by atoms with E-state index in [2.05, 4.69) is 9.97 Å². The van der Waals surface area contributed by atoms with Crippen LogP contribution < -0.4 is 5.56 Å². The van der Waals surface area contributed by atoms with Crippen LogP contribution in [-0.4, -0.2) is 25.4 Å². The Bertz CT molecular complexity index is 1300. The highest BCUT2D eigenvalue weighted by molar-refractivity contribution is 6.11. The summed E-state index contributed by atoms with van der Waals surface area (Å²) in [6.07, 6.45) is 1.61. The molecule has 0 saturated carbocycles. The SMILES string of the molecule is CC(C)n1cc(C(=O)c2cc(F)ccc2O)cc1-c1nc2ccccc2c(=O)[nH]1. The Morgan fingerprint density at radius 1 is 1.17 bits per heavy atom. The van der Waals surface area contributed by atoms with E-state index in [4.69, 9.17) is 0 Å². The molecular weight excluding hydrogens is 373 g/mol. The molecule has 146 valence electrons. The minimum atomic E-state index is -0.616. The van der Waals surface area contributed by atoms with Gasteiger partial charge in [0.2, 0.25) is 0 Å². The molecule has 0 fully saturated rings. The summed E-state index contributed by atoms with van der Waals surface area (Å²) in [6.45, 7) is 3.85. The van der Waals surface area contributed by atoms with Crippen LogP contribution in [0.25, 0.3) is 22.4 Å². The topological polar surface area (TPSA) is 88.0 Å². The Morgan fingerprint density at radius 2 is 1.93 bits per heavy atom. The second-order valence-electron chi connectivity index (χ2n) is 7.04. The van der Waals surface area contributed by atoms with E-state index >= 15 is 0 Å². The molecule has 0 aliphatic rings. The highest BCUT2D eigenvalue weighted by Crippen LogP contribution is 2.27. The summed E-state index contributed by atoms with van der Waals surface area (Å²) in [4.78, 5) is 32.6. The quantitative estimate of drug-likeness (QED) is 0.514. The third-order valence-corrected chi connectivity index (χ3v) is 4.73. The molecule has 29 heavy (non-hydrogen) atoms. The maximum absolute atomic E-state index is 13.6. The van der Waals surface area contributed by atoms with Crippen LogP contribution in [0.2, 0.25) is 0 Å². The van der Waals surface area contributed by atoms with E-state index < -0.39 is 11.6 Å². The number of hydrogen-bond acceptors (Lipinski definition) is 4. The van der Waals surface area contributed by atoms with E-state index in [0.717, 1.165) is 18.2 Å². The van der Waals surface area contributed by atoms with Gasteiger partial charge in [-0.3, -0.25) is 9.59 Å². The number of ketones is 1. The molecule has 0 saturated heterocycles. The minimum absolute atomic E-state index is 0.0376. The number of fused-ring (bicyclic) bond motifs is 1. The number of benzene rings is 2. The molecule has 2 aromatic heterocycles. The number of hydrogen-bond donors (Lipinski definition) is 2. The molecule has 6 nitrogen and oxygen atoms in total. The lowest BCUT2D eigenvalue weighted by molar-refractivity contribution is 0.103. The molecule has 0 atom stereocenters. The van der Waals surface area contributed by atoms with Crippen molar-refractivity contribution in [3.63, 3.8) is 0 Å². The van der Waals surface area contributed by atoms with Gasteiger partial charge in [0.05, 0.1) is 22.2 Å². The zero-order valence-corrected chi connectivity index (χ0v) is 15.8. The van der Waals surface area contributed by atoms with Gasteiger partial charge in [0, 0.05) is 17.8 Å². The Kier molecular flexibility index (Phi) is 4.50. The van der Waals surface area contributed by atoms with Crippen molar-refractivity contribution in [1.29, 1.82) is 0 Å². The summed E-state index contributed by atoms with van der Waals surface area (Å²) < 4.78 is 15.4. The van der Waals surface area contributed by atoms with Gasteiger partial charge in [-0.15, -0.1) is 0 Å². The van der Waals surface area contributed by atoms with Gasteiger partial charge in [-0.05, 0) is 50.2 Å². The fourth-order valence-electron chi connectivity index (χ4n) is 3.27. The van der Waals surface area contributed by atoms with Crippen LogP contribution in [0, 0.1) is 5.82 Å². The molecule has 0 aliphatic carbocycles. The number of rotatable bonds is 4. The molecule has 0 bridgehead atoms. The van der Waals surface area contributed by atoms with Crippen molar-refractivity contribution in [3.8, 4) is 17.3 Å². The molecule has 2 heterocycles. The maximum Gasteiger partial charge on any atom is 0.259 e. The molecule has 4 aromatic rings. The first-order valence-electron chi connectivity index (χ1n) is 9.09. The lowest BCUT2D eigenvalue weighted by Gasteiger charge is -2.12. The summed E-state index contributed by atoms with van der Waals surface area (Å²) in [7, 11) is 0. The number of aromatic nitrogens is 3. The standard InChI is InChI=1S/C22H18FN3O3/c1-12(2)26-11-13(20(28)16-10-14(23)7-8-19(16)27)9-18(26)21-24-17-6-4-3-5-15(17)22(29)25-21/h3-12,27H,1-2H3,(H,24,25,29). The number of nitrogens with one attached hydrogen (secondary N) is 1. The fraction of sp³-hybridized carbons (Fsp3) is 0.136. The van der Waals surface area contributed by atoms with E-state index in [0.29, 0.717) is 22.4 Å². The summed E-state index contributed by atoms with van der Waals surface area (Å²) >= 11 is 0. The predicted octanol–water partition coefficient (Wildman–Crippen LogP) is 4.05. The Morgan fingerprint density at radius 3 is 2.69 bits per heavy atom. The van der Waals surface area contributed by atoms with Crippen molar-refractivity contribution in [2.45, 2.75) is 19.9 Å². The second kappa shape index (κ2) is 7.01. The number of nitrogens with zero attached hydrogens (tertiary/aromatic N) is 2. The van der Waals surface area contributed by atoms with Crippen LogP contribution in [0.3, 0.4) is 0 Å². The van der Waals surface area contributed by atoms with Crippen molar-refractivity contribution in [1.82, 2.24) is 14.5 Å². The van der Waals surface area contributed by atoms with Gasteiger partial charge in [0.1, 0.15) is 11.6 Å². The molecule has 0 amide bonds. The molecule has 0 spiro atoms. The summed E-state index contributed by atoms with van der Waals surface area (Å²) in [5.74, 6) is -1.11. The van der Waals surface area contributed by atoms with Crippen LogP contribution in [0.1, 0.15) is 35.8 Å². The smallest absolute Gasteiger partial charge is 0.259 e. The summed E-state index contributed by atoms with van der Waals surface area (Å²) in [6, 6.07) is 11.8. The number of phenolic OH excluding ortho intramolecular Hbond substituents is 1. The first kappa shape index (κ1) is 18.6. The number of carbonyl (C=O) groups is 1. The van der Waals surface area contributed by atoms with E-state index in [1.807, 2.05) is 13.8 Å². The largest absolute Gasteiger partial charge is 0.507 e. The number of halogens is 1. The predicted molar refractivity (Wildman–Crippen MR) is 108 cm³/mol. The average Bonchev–Trinajstić information content (AvgIpc) is 3.15. The van der Waals surface area contributed by atoms with E-state index in [1.165, 1.54) is 0 Å². The van der Waals surface area contributed by atoms with Crippen molar-refractivity contribution in [2.75, 3.05) is 0 Å². The number of carbonyl (C=O) groups excluding carboxylic acids is 1. The van der Waals surface area contributed by atoms with Crippen molar-refractivity contribution >= 4 is 16.7 Å². The van der Waals surface area contributed by atoms with E-state index in [1.54, 1.807) is 41.1 Å². The molecule has 0 aliphatic heterocycles. The zero-order chi connectivity index (χ0) is 20.7. The van der Waals surface area contributed by atoms with E-state index in [-0.39, 0.29) is 28.5 Å². The van der Waals surface area contributed by atoms with Crippen LogP contribution in [-0.2, 0) is 0 Å². The first-order valence-corrected chi connectivity index (χ1v) is 9.09. The first-order chi connectivity index (χ1) is 13.8.